The molecule has 0 aromatic rings. The van der Waals surface area contributed by atoms with Crippen LogP contribution in [0.5, 0.6) is 0 Å². The lowest BCUT2D eigenvalue weighted by Crippen LogP contribution is -2.34. The third kappa shape index (κ3) is 1.47. The molecule has 0 aromatic carbocycles. The minimum Gasteiger partial charge on any atom is -0.296 e. The predicted octanol–water partition coefficient (Wildman–Crippen LogP) is 2.00. The second-order valence-electron chi connectivity index (χ2n) is 3.62. The summed E-state index contributed by atoms with van der Waals surface area (Å²) in [7, 11) is 0. The number of hydrogen-bond donors (Lipinski definition) is 0. The molecule has 0 aromatic heterocycles. The van der Waals surface area contributed by atoms with Gasteiger partial charge in [-0.15, -0.1) is 0 Å². The molecule has 0 N–H and O–H groups in total. The molecule has 1 unspecified atom stereocenters. The maximum Gasteiger partial charge on any atom is 0.0411 e. The summed E-state index contributed by atoms with van der Waals surface area (Å²) < 4.78 is 0. The van der Waals surface area contributed by atoms with Gasteiger partial charge in [-0.2, -0.15) is 0 Å². The molecule has 2 fully saturated rings. The van der Waals surface area contributed by atoms with Crippen LogP contribution >= 0.6 is 12.2 Å². The van der Waals surface area contributed by atoms with Gasteiger partial charge in [0.05, 0.1) is 0 Å². The maximum absolute atomic E-state index is 5.34. The van der Waals surface area contributed by atoms with Gasteiger partial charge in [0, 0.05) is 10.9 Å². The second-order valence-corrected chi connectivity index (χ2v) is 4.14. The van der Waals surface area contributed by atoms with Gasteiger partial charge in [-0.3, -0.25) is 4.90 Å². The second kappa shape index (κ2) is 3.20. The summed E-state index contributed by atoms with van der Waals surface area (Å²) in [5.74, 6) is 0. The monoisotopic (exact) mass is 169 g/mol. The Labute approximate surface area is 73.8 Å². The van der Waals surface area contributed by atoms with E-state index in [0.29, 0.717) is 6.04 Å². The summed E-state index contributed by atoms with van der Waals surface area (Å²) in [5.41, 5.74) is 0. The Hall–Kier alpha value is 0.0500. The average Bonchev–Trinajstić information content (AvgIpc) is 2.55. The minimum atomic E-state index is 0.688. The molecule has 62 valence electrons. The van der Waals surface area contributed by atoms with Crippen molar-refractivity contribution in [2.45, 2.75) is 38.1 Å². The van der Waals surface area contributed by atoms with Crippen LogP contribution in [0.25, 0.3) is 0 Å². The van der Waals surface area contributed by atoms with Crippen molar-refractivity contribution in [2.75, 3.05) is 13.1 Å². The largest absolute Gasteiger partial charge is 0.296 e. The van der Waals surface area contributed by atoms with Crippen LogP contribution in [0, 0.1) is 0 Å². The Morgan fingerprint density at radius 3 is 2.45 bits per heavy atom. The highest BCUT2D eigenvalue weighted by Gasteiger charge is 2.28. The minimum absolute atomic E-state index is 0.688. The van der Waals surface area contributed by atoms with Crippen molar-refractivity contribution >= 4 is 17.1 Å². The molecule has 0 amide bonds. The van der Waals surface area contributed by atoms with Crippen LogP contribution in [-0.4, -0.2) is 28.9 Å². The highest BCUT2D eigenvalue weighted by atomic mass is 32.1. The van der Waals surface area contributed by atoms with Gasteiger partial charge >= 0.3 is 0 Å². The van der Waals surface area contributed by atoms with E-state index in [9.17, 15) is 0 Å². The molecule has 1 nitrogen and oxygen atoms in total. The Morgan fingerprint density at radius 1 is 1.18 bits per heavy atom. The fourth-order valence-corrected chi connectivity index (χ4v) is 2.65. The lowest BCUT2D eigenvalue weighted by molar-refractivity contribution is 0.299. The molecule has 0 spiro atoms. The summed E-state index contributed by atoms with van der Waals surface area (Å²) in [5, 5.41) is 0. The van der Waals surface area contributed by atoms with Crippen LogP contribution < -0.4 is 0 Å². The van der Waals surface area contributed by atoms with E-state index in [1.165, 1.54) is 50.1 Å². The molecule has 1 aliphatic carbocycles. The predicted molar refractivity (Wildman–Crippen MR) is 51.0 cm³/mol. The first-order valence-corrected chi connectivity index (χ1v) is 5.05. The number of thiocarbonyl (C=S) groups is 1. The van der Waals surface area contributed by atoms with E-state index in [0.717, 1.165) is 0 Å². The Bertz CT molecular complexity index is 161. The summed E-state index contributed by atoms with van der Waals surface area (Å²) in [6.45, 7) is 2.59. The summed E-state index contributed by atoms with van der Waals surface area (Å²) in [6, 6.07) is 0.688. The lowest BCUT2D eigenvalue weighted by atomic mass is 10.2. The van der Waals surface area contributed by atoms with E-state index >= 15 is 0 Å². The molecule has 1 aliphatic heterocycles. The Kier molecular flexibility index (Phi) is 2.23. The zero-order valence-corrected chi connectivity index (χ0v) is 7.70. The standard InChI is InChI=1S/C9H15NS/c11-9-5-3-4-8(9)10-6-1-2-7-10/h8H,1-7H2. The van der Waals surface area contributed by atoms with E-state index < -0.39 is 0 Å². The zero-order chi connectivity index (χ0) is 7.68. The van der Waals surface area contributed by atoms with Gasteiger partial charge in [0.25, 0.3) is 0 Å². The molecule has 1 atom stereocenters. The van der Waals surface area contributed by atoms with Crippen molar-refractivity contribution in [1.29, 1.82) is 0 Å². The first-order valence-electron chi connectivity index (χ1n) is 4.65. The average molecular weight is 169 g/mol. The maximum atomic E-state index is 5.34. The van der Waals surface area contributed by atoms with E-state index in [1.54, 1.807) is 0 Å². The van der Waals surface area contributed by atoms with Gasteiger partial charge in [-0.25, -0.2) is 0 Å². The third-order valence-electron chi connectivity index (χ3n) is 2.85. The Balaban J connectivity index is 1.97. The van der Waals surface area contributed by atoms with Gasteiger partial charge in [-0.05, 0) is 45.2 Å². The lowest BCUT2D eigenvalue weighted by Gasteiger charge is -2.22. The van der Waals surface area contributed by atoms with Gasteiger partial charge in [-0.1, -0.05) is 12.2 Å². The van der Waals surface area contributed by atoms with Crippen LogP contribution in [0.4, 0.5) is 0 Å². The third-order valence-corrected chi connectivity index (χ3v) is 3.33. The van der Waals surface area contributed by atoms with Crippen LogP contribution in [-0.2, 0) is 0 Å². The molecule has 11 heavy (non-hydrogen) atoms. The summed E-state index contributed by atoms with van der Waals surface area (Å²) in [4.78, 5) is 3.90. The number of rotatable bonds is 1. The molecule has 1 saturated carbocycles. The van der Waals surface area contributed by atoms with E-state index in [2.05, 4.69) is 4.90 Å². The highest BCUT2D eigenvalue weighted by molar-refractivity contribution is 7.80. The number of nitrogens with zero attached hydrogens (tertiary/aromatic N) is 1. The fraction of sp³-hybridized carbons (Fsp3) is 0.889. The quantitative estimate of drug-likeness (QED) is 0.552. The molecular formula is C9H15NS. The molecule has 0 bridgehead atoms. The first kappa shape index (κ1) is 7.69. The summed E-state index contributed by atoms with van der Waals surface area (Å²) in [6.07, 6.45) is 6.65. The van der Waals surface area contributed by atoms with Crippen molar-refractivity contribution in [3.8, 4) is 0 Å². The van der Waals surface area contributed by atoms with Crippen molar-refractivity contribution in [2.24, 2.45) is 0 Å². The topological polar surface area (TPSA) is 3.24 Å². The van der Waals surface area contributed by atoms with E-state index in [4.69, 9.17) is 12.2 Å². The number of hydrogen-bond acceptors (Lipinski definition) is 2. The molecule has 0 radical (unpaired) electrons. The van der Waals surface area contributed by atoms with Gasteiger partial charge in [0.15, 0.2) is 0 Å². The van der Waals surface area contributed by atoms with Crippen molar-refractivity contribution in [1.82, 2.24) is 4.90 Å². The van der Waals surface area contributed by atoms with Gasteiger partial charge < -0.3 is 0 Å². The van der Waals surface area contributed by atoms with Crippen molar-refractivity contribution in [3.05, 3.63) is 0 Å². The van der Waals surface area contributed by atoms with Crippen molar-refractivity contribution < 1.29 is 0 Å². The number of likely N-dealkylation sites (tertiary alicyclic amines) is 1. The fourth-order valence-electron chi connectivity index (χ4n) is 2.24. The molecule has 1 saturated heterocycles. The van der Waals surface area contributed by atoms with Crippen LogP contribution in [0.3, 0.4) is 0 Å². The Morgan fingerprint density at radius 2 is 1.91 bits per heavy atom. The molecular weight excluding hydrogens is 154 g/mol. The smallest absolute Gasteiger partial charge is 0.0411 e. The van der Waals surface area contributed by atoms with Gasteiger partial charge in [0.2, 0.25) is 0 Å². The van der Waals surface area contributed by atoms with Gasteiger partial charge in [0.1, 0.15) is 0 Å². The van der Waals surface area contributed by atoms with Crippen molar-refractivity contribution in [3.63, 3.8) is 0 Å². The molecule has 1 heterocycles. The summed E-state index contributed by atoms with van der Waals surface area (Å²) >= 11 is 5.34. The van der Waals surface area contributed by atoms with E-state index in [-0.39, 0.29) is 0 Å². The van der Waals surface area contributed by atoms with E-state index in [1.807, 2.05) is 0 Å². The van der Waals surface area contributed by atoms with Crippen LogP contribution in [0.15, 0.2) is 0 Å². The normalized spacial score (nSPS) is 33.5. The molecule has 2 aliphatic rings. The SMILES string of the molecule is S=C1CCCC1N1CCCC1. The highest BCUT2D eigenvalue weighted by Crippen LogP contribution is 2.24. The first-order chi connectivity index (χ1) is 5.38. The zero-order valence-electron chi connectivity index (χ0n) is 6.88. The molecule has 2 heteroatoms. The van der Waals surface area contributed by atoms with Crippen LogP contribution in [0.1, 0.15) is 32.1 Å². The molecule has 2 rings (SSSR count). The van der Waals surface area contributed by atoms with Crippen LogP contribution in [0.2, 0.25) is 0 Å².